The average molecular weight is 432 g/mol. The van der Waals surface area contributed by atoms with Gasteiger partial charge in [0.2, 0.25) is 0 Å². The van der Waals surface area contributed by atoms with Gasteiger partial charge in [-0.25, -0.2) is 9.18 Å². The Bertz CT molecular complexity index is 1150. The fourth-order valence-corrected chi connectivity index (χ4v) is 3.23. The van der Waals surface area contributed by atoms with Crippen LogP contribution in [0, 0.1) is 5.82 Å². The Hall–Kier alpha value is -3.32. The minimum absolute atomic E-state index is 0.0246. The number of aliphatic hydroxyl groups excluding tert-OH is 1. The molecule has 0 fully saturated rings. The second kappa shape index (κ2) is 9.00. The van der Waals surface area contributed by atoms with Crippen LogP contribution < -0.4 is 4.74 Å². The molecule has 0 spiro atoms. The van der Waals surface area contributed by atoms with Gasteiger partial charge in [0.05, 0.1) is 29.6 Å². The summed E-state index contributed by atoms with van der Waals surface area (Å²) in [5.41, 5.74) is 1.62. The summed E-state index contributed by atoms with van der Waals surface area (Å²) in [6.45, 7) is 1.90. The number of nitrogens with zero attached hydrogens (tertiary/aromatic N) is 1. The van der Waals surface area contributed by atoms with E-state index in [4.69, 9.17) is 16.3 Å². The van der Waals surface area contributed by atoms with Crippen LogP contribution in [-0.4, -0.2) is 35.1 Å². The molecule has 6 nitrogen and oxygen atoms in total. The van der Waals surface area contributed by atoms with Crippen molar-refractivity contribution in [3.8, 4) is 5.75 Å². The number of benzene rings is 2. The number of hydrogen-bond donors (Lipinski definition) is 1. The van der Waals surface area contributed by atoms with Crippen LogP contribution in [0.15, 0.2) is 48.7 Å². The molecule has 3 rings (SSSR count). The molecule has 1 aromatic heterocycles. The van der Waals surface area contributed by atoms with Gasteiger partial charge >= 0.3 is 5.97 Å². The maximum Gasteiger partial charge on any atom is 0.379 e. The van der Waals surface area contributed by atoms with E-state index in [0.29, 0.717) is 22.2 Å². The zero-order valence-electron chi connectivity index (χ0n) is 16.3. The first-order chi connectivity index (χ1) is 14.3. The highest BCUT2D eigenvalue weighted by Gasteiger charge is 2.19. The molecular weight excluding hydrogens is 413 g/mol. The van der Waals surface area contributed by atoms with Gasteiger partial charge in [0, 0.05) is 24.4 Å². The summed E-state index contributed by atoms with van der Waals surface area (Å²) in [7, 11) is 1.48. The Morgan fingerprint density at radius 3 is 2.70 bits per heavy atom. The van der Waals surface area contributed by atoms with E-state index < -0.39 is 23.3 Å². The minimum Gasteiger partial charge on any atom is -0.507 e. The van der Waals surface area contributed by atoms with Gasteiger partial charge in [-0.1, -0.05) is 23.7 Å². The normalized spacial score (nSPS) is 11.5. The number of ketones is 1. The summed E-state index contributed by atoms with van der Waals surface area (Å²) in [6, 6.07) is 9.76. The highest BCUT2D eigenvalue weighted by molar-refractivity contribution is 6.39. The first kappa shape index (κ1) is 21.4. The zero-order chi connectivity index (χ0) is 21.8. The lowest BCUT2D eigenvalue weighted by Crippen LogP contribution is -2.15. The van der Waals surface area contributed by atoms with Crippen LogP contribution >= 0.6 is 11.6 Å². The van der Waals surface area contributed by atoms with Crippen LogP contribution in [0.25, 0.3) is 16.7 Å². The lowest BCUT2D eigenvalue weighted by atomic mass is 10.1. The third-order valence-electron chi connectivity index (χ3n) is 4.45. The van der Waals surface area contributed by atoms with Gasteiger partial charge in [-0.05, 0) is 36.8 Å². The van der Waals surface area contributed by atoms with Gasteiger partial charge in [-0.3, -0.25) is 4.79 Å². The molecule has 3 aromatic rings. The van der Waals surface area contributed by atoms with Crippen LogP contribution in [0.3, 0.4) is 0 Å². The van der Waals surface area contributed by atoms with Crippen molar-refractivity contribution < 1.29 is 28.6 Å². The van der Waals surface area contributed by atoms with E-state index in [2.05, 4.69) is 4.74 Å². The minimum atomic E-state index is -1.06. The molecule has 1 heterocycles. The van der Waals surface area contributed by atoms with E-state index in [1.807, 2.05) is 0 Å². The summed E-state index contributed by atoms with van der Waals surface area (Å²) < 4.78 is 25.7. The van der Waals surface area contributed by atoms with Crippen molar-refractivity contribution in [2.45, 2.75) is 13.5 Å². The number of methoxy groups -OCH3 is 1. The monoisotopic (exact) mass is 431 g/mol. The number of carbonyl (C=O) groups is 2. The van der Waals surface area contributed by atoms with Crippen molar-refractivity contribution in [1.29, 1.82) is 0 Å². The maximum atomic E-state index is 13.8. The predicted molar refractivity (Wildman–Crippen MR) is 111 cm³/mol. The number of rotatable bonds is 7. The number of aromatic nitrogens is 1. The highest BCUT2D eigenvalue weighted by atomic mass is 35.5. The molecule has 0 bridgehead atoms. The van der Waals surface area contributed by atoms with Crippen LogP contribution in [-0.2, 0) is 20.9 Å². The maximum absolute atomic E-state index is 13.8. The average Bonchev–Trinajstić information content (AvgIpc) is 3.09. The largest absolute Gasteiger partial charge is 0.507 e. The van der Waals surface area contributed by atoms with Crippen LogP contribution in [0.1, 0.15) is 18.1 Å². The number of carbonyl (C=O) groups excluding carboxylic acids is 2. The van der Waals surface area contributed by atoms with Crippen molar-refractivity contribution in [3.05, 3.63) is 70.6 Å². The molecule has 2 aromatic carbocycles. The first-order valence-electron chi connectivity index (χ1n) is 9.07. The molecule has 0 aliphatic rings. The Morgan fingerprint density at radius 1 is 1.27 bits per heavy atom. The van der Waals surface area contributed by atoms with Crippen LogP contribution in [0.4, 0.5) is 4.39 Å². The molecule has 156 valence electrons. The van der Waals surface area contributed by atoms with E-state index in [-0.39, 0.29) is 23.7 Å². The molecule has 0 unspecified atom stereocenters. The van der Waals surface area contributed by atoms with Crippen molar-refractivity contribution in [2.24, 2.45) is 0 Å². The molecule has 0 saturated heterocycles. The van der Waals surface area contributed by atoms with Gasteiger partial charge in [-0.2, -0.15) is 0 Å². The van der Waals surface area contributed by atoms with Crippen LogP contribution in [0.2, 0.25) is 5.02 Å². The molecule has 0 radical (unpaired) electrons. The summed E-state index contributed by atoms with van der Waals surface area (Å²) in [5, 5.41) is 11.1. The van der Waals surface area contributed by atoms with Crippen molar-refractivity contribution in [3.63, 3.8) is 0 Å². The Labute approximate surface area is 177 Å². The number of hydrogen-bond acceptors (Lipinski definition) is 5. The Kier molecular flexibility index (Phi) is 6.42. The van der Waals surface area contributed by atoms with E-state index in [1.165, 1.54) is 19.2 Å². The van der Waals surface area contributed by atoms with E-state index in [0.717, 1.165) is 6.08 Å². The molecule has 1 N–H and O–H groups in total. The van der Waals surface area contributed by atoms with Crippen molar-refractivity contribution in [1.82, 2.24) is 4.57 Å². The van der Waals surface area contributed by atoms with E-state index in [9.17, 15) is 19.1 Å². The molecule has 0 aliphatic heterocycles. The lowest BCUT2D eigenvalue weighted by Gasteiger charge is -2.07. The lowest BCUT2D eigenvalue weighted by molar-refractivity contribution is -0.151. The smallest absolute Gasteiger partial charge is 0.379 e. The molecule has 0 aliphatic carbocycles. The Morgan fingerprint density at radius 2 is 2.03 bits per heavy atom. The van der Waals surface area contributed by atoms with Gasteiger partial charge in [-0.15, -0.1) is 0 Å². The second-order valence-electron chi connectivity index (χ2n) is 6.39. The van der Waals surface area contributed by atoms with E-state index in [1.54, 1.807) is 42.0 Å². The fourth-order valence-electron chi connectivity index (χ4n) is 3.11. The highest BCUT2D eigenvalue weighted by Crippen LogP contribution is 2.34. The van der Waals surface area contributed by atoms with Crippen molar-refractivity contribution in [2.75, 3.05) is 13.7 Å². The number of esters is 1. The topological polar surface area (TPSA) is 77.8 Å². The number of halogens is 2. The van der Waals surface area contributed by atoms with Gasteiger partial charge in [0.25, 0.3) is 5.78 Å². The van der Waals surface area contributed by atoms with E-state index >= 15 is 0 Å². The Balaban J connectivity index is 2.09. The zero-order valence-corrected chi connectivity index (χ0v) is 17.1. The van der Waals surface area contributed by atoms with Crippen LogP contribution in [0.5, 0.6) is 5.75 Å². The van der Waals surface area contributed by atoms with Gasteiger partial charge < -0.3 is 19.1 Å². The molecular formula is C22H19ClFNO5. The standard InChI is InChI=1S/C22H19ClFNO5/c1-3-30-22(28)19(27)10-18(26)14-12-25(11-13-7-8-15(23)16(24)9-13)17-5-4-6-20(29-2)21(14)17/h4-10,12,26H,3,11H2,1-2H3/b18-10-. The summed E-state index contributed by atoms with van der Waals surface area (Å²) in [4.78, 5) is 23.6. The van der Waals surface area contributed by atoms with Gasteiger partial charge in [0.15, 0.2) is 0 Å². The molecule has 0 saturated carbocycles. The summed E-state index contributed by atoms with van der Waals surface area (Å²) in [6.07, 6.45) is 2.41. The quantitative estimate of drug-likeness (QED) is 0.257. The SMILES string of the molecule is CCOC(=O)C(=O)/C=C(\O)c1cn(Cc2ccc(Cl)c(F)c2)c2cccc(OC)c12. The molecule has 0 atom stereocenters. The van der Waals surface area contributed by atoms with Gasteiger partial charge in [0.1, 0.15) is 17.3 Å². The number of ether oxygens (including phenoxy) is 2. The number of fused-ring (bicyclic) bond motifs is 1. The number of aliphatic hydroxyl groups is 1. The molecule has 0 amide bonds. The fraction of sp³-hybridized carbons (Fsp3) is 0.182. The van der Waals surface area contributed by atoms with Crippen molar-refractivity contribution >= 4 is 40.0 Å². The molecule has 30 heavy (non-hydrogen) atoms. The summed E-state index contributed by atoms with van der Waals surface area (Å²) in [5.74, 6) is -2.52. The summed E-state index contributed by atoms with van der Waals surface area (Å²) >= 11 is 5.75. The second-order valence-corrected chi connectivity index (χ2v) is 6.80. The molecule has 8 heteroatoms. The predicted octanol–water partition coefficient (Wildman–Crippen LogP) is 4.52. The third kappa shape index (κ3) is 4.31. The first-order valence-corrected chi connectivity index (χ1v) is 9.45. The third-order valence-corrected chi connectivity index (χ3v) is 4.75.